The van der Waals surface area contributed by atoms with E-state index in [1.807, 2.05) is 0 Å². The van der Waals surface area contributed by atoms with Gasteiger partial charge in [0.1, 0.15) is 0 Å². The number of hydrogen-bond acceptors (Lipinski definition) is 3. The molecule has 4 nitrogen and oxygen atoms in total. The predicted octanol–water partition coefficient (Wildman–Crippen LogP) is 1.04. The van der Waals surface area contributed by atoms with E-state index >= 15 is 0 Å². The molecule has 15 heavy (non-hydrogen) atoms. The molecule has 0 aromatic heterocycles. The monoisotopic (exact) mass is 226 g/mol. The average Bonchev–Trinajstić information content (AvgIpc) is 2.13. The van der Waals surface area contributed by atoms with Gasteiger partial charge in [-0.3, -0.25) is 0 Å². The van der Waals surface area contributed by atoms with Crippen LogP contribution >= 0.6 is 0 Å². The predicted molar refractivity (Wildman–Crippen MR) is 61.0 cm³/mol. The number of nitrogens with one attached hydrogen (secondary N) is 1. The Kier molecular flexibility index (Phi) is 3.49. The molecule has 0 heterocycles. The molecular weight excluding hydrogens is 212 g/mol. The zero-order valence-electron chi connectivity index (χ0n) is 8.53. The first-order valence-electron chi connectivity index (χ1n) is 4.43. The molecule has 0 amide bonds. The van der Waals surface area contributed by atoms with Crippen LogP contribution in [0.2, 0.25) is 0 Å². The van der Waals surface area contributed by atoms with Gasteiger partial charge in [-0.1, -0.05) is 6.08 Å². The van der Waals surface area contributed by atoms with Gasteiger partial charge < -0.3 is 5.73 Å². The van der Waals surface area contributed by atoms with Crippen LogP contribution in [0, 0.1) is 6.92 Å². The molecular formula is C10H14N2O2S. The Bertz CT molecular complexity index is 446. The third-order valence-electron chi connectivity index (χ3n) is 1.80. The number of benzene rings is 1. The van der Waals surface area contributed by atoms with E-state index in [9.17, 15) is 8.42 Å². The van der Waals surface area contributed by atoms with Crippen LogP contribution in [-0.4, -0.2) is 15.0 Å². The van der Waals surface area contributed by atoms with Gasteiger partial charge in [0.25, 0.3) is 0 Å². The summed E-state index contributed by atoms with van der Waals surface area (Å²) in [4.78, 5) is 0.182. The molecule has 0 fully saturated rings. The van der Waals surface area contributed by atoms with Crippen LogP contribution in [0.3, 0.4) is 0 Å². The first-order chi connectivity index (χ1) is 6.95. The molecule has 3 N–H and O–H groups in total. The Hall–Kier alpha value is -1.33. The second-order valence-corrected chi connectivity index (χ2v) is 4.99. The van der Waals surface area contributed by atoms with Gasteiger partial charge >= 0.3 is 0 Å². The van der Waals surface area contributed by atoms with Gasteiger partial charge in [-0.25, -0.2) is 13.1 Å². The molecule has 1 aromatic rings. The van der Waals surface area contributed by atoms with Gasteiger partial charge in [-0.2, -0.15) is 0 Å². The lowest BCUT2D eigenvalue weighted by Gasteiger charge is -2.06. The second kappa shape index (κ2) is 4.46. The molecule has 0 aliphatic heterocycles. The number of nitrogen functional groups attached to an aromatic ring is 1. The van der Waals surface area contributed by atoms with E-state index in [0.29, 0.717) is 5.69 Å². The maximum Gasteiger partial charge on any atom is 0.240 e. The average molecular weight is 226 g/mol. The molecule has 5 heteroatoms. The van der Waals surface area contributed by atoms with Gasteiger partial charge in [0, 0.05) is 12.2 Å². The number of sulfonamides is 1. The van der Waals surface area contributed by atoms with Gasteiger partial charge in [0.05, 0.1) is 4.90 Å². The third kappa shape index (κ3) is 3.07. The minimum absolute atomic E-state index is 0.182. The standard InChI is InChI=1S/C10H14N2O2S/c1-3-4-12-15(13,14)10-6-8(2)5-9(11)7-10/h3,5-7,12H,1,4,11H2,2H3. The minimum Gasteiger partial charge on any atom is -0.399 e. The number of hydrogen-bond donors (Lipinski definition) is 2. The van der Waals surface area contributed by atoms with Gasteiger partial charge in [0.15, 0.2) is 0 Å². The Balaban J connectivity index is 3.09. The van der Waals surface area contributed by atoms with E-state index in [0.717, 1.165) is 5.56 Å². The van der Waals surface area contributed by atoms with Crippen molar-refractivity contribution in [1.29, 1.82) is 0 Å². The fraction of sp³-hybridized carbons (Fsp3) is 0.200. The van der Waals surface area contributed by atoms with Crippen molar-refractivity contribution in [3.63, 3.8) is 0 Å². The first kappa shape index (κ1) is 11.7. The Morgan fingerprint density at radius 2 is 2.13 bits per heavy atom. The van der Waals surface area contributed by atoms with Crippen LogP contribution in [0.1, 0.15) is 5.56 Å². The zero-order chi connectivity index (χ0) is 11.5. The smallest absolute Gasteiger partial charge is 0.240 e. The molecule has 0 atom stereocenters. The van der Waals surface area contributed by atoms with Crippen molar-refractivity contribution in [2.45, 2.75) is 11.8 Å². The lowest BCUT2D eigenvalue weighted by molar-refractivity contribution is 0.585. The Morgan fingerprint density at radius 3 is 2.67 bits per heavy atom. The van der Waals surface area contributed by atoms with E-state index in [2.05, 4.69) is 11.3 Å². The van der Waals surface area contributed by atoms with Crippen LogP contribution < -0.4 is 10.5 Å². The zero-order valence-corrected chi connectivity index (χ0v) is 9.34. The molecule has 1 aromatic carbocycles. The molecule has 0 aliphatic rings. The quantitative estimate of drug-likeness (QED) is 0.595. The molecule has 0 unspecified atom stereocenters. The summed E-state index contributed by atoms with van der Waals surface area (Å²) >= 11 is 0. The van der Waals surface area contributed by atoms with Crippen LogP contribution in [0.5, 0.6) is 0 Å². The molecule has 0 spiro atoms. The molecule has 0 radical (unpaired) electrons. The number of nitrogens with two attached hydrogens (primary N) is 1. The highest BCUT2D eigenvalue weighted by molar-refractivity contribution is 7.89. The van der Waals surface area contributed by atoms with Crippen LogP contribution in [0.25, 0.3) is 0 Å². The van der Waals surface area contributed by atoms with Crippen molar-refractivity contribution < 1.29 is 8.42 Å². The van der Waals surface area contributed by atoms with Crippen molar-refractivity contribution in [2.75, 3.05) is 12.3 Å². The van der Waals surface area contributed by atoms with E-state index < -0.39 is 10.0 Å². The van der Waals surface area contributed by atoms with Gasteiger partial charge in [-0.15, -0.1) is 6.58 Å². The van der Waals surface area contributed by atoms with Crippen LogP contribution in [0.15, 0.2) is 35.7 Å². The fourth-order valence-corrected chi connectivity index (χ4v) is 2.32. The summed E-state index contributed by atoms with van der Waals surface area (Å²) in [6.45, 7) is 5.44. The van der Waals surface area contributed by atoms with Crippen molar-refractivity contribution in [1.82, 2.24) is 4.72 Å². The maximum atomic E-state index is 11.7. The minimum atomic E-state index is -3.47. The van der Waals surface area contributed by atoms with Crippen LogP contribution in [-0.2, 0) is 10.0 Å². The van der Waals surface area contributed by atoms with E-state index in [1.165, 1.54) is 12.1 Å². The topological polar surface area (TPSA) is 72.2 Å². The van der Waals surface area contributed by atoms with Crippen molar-refractivity contribution in [2.24, 2.45) is 0 Å². The number of rotatable bonds is 4. The number of anilines is 1. The maximum absolute atomic E-state index is 11.7. The highest BCUT2D eigenvalue weighted by Gasteiger charge is 2.13. The Morgan fingerprint density at radius 1 is 1.47 bits per heavy atom. The largest absolute Gasteiger partial charge is 0.399 e. The molecule has 82 valence electrons. The summed E-state index contributed by atoms with van der Waals surface area (Å²) in [5.41, 5.74) is 6.83. The normalized spacial score (nSPS) is 11.3. The summed E-state index contributed by atoms with van der Waals surface area (Å²) in [5, 5.41) is 0. The molecule has 1 rings (SSSR count). The lowest BCUT2D eigenvalue weighted by atomic mass is 10.2. The van der Waals surface area contributed by atoms with E-state index in [1.54, 1.807) is 19.1 Å². The van der Waals surface area contributed by atoms with E-state index in [4.69, 9.17) is 5.73 Å². The Labute approximate surface area is 89.9 Å². The second-order valence-electron chi connectivity index (χ2n) is 3.22. The molecule has 0 saturated carbocycles. The SMILES string of the molecule is C=CCNS(=O)(=O)c1cc(C)cc(N)c1. The fourth-order valence-electron chi connectivity index (χ4n) is 1.18. The highest BCUT2D eigenvalue weighted by atomic mass is 32.2. The lowest BCUT2D eigenvalue weighted by Crippen LogP contribution is -2.23. The molecule has 0 bridgehead atoms. The van der Waals surface area contributed by atoms with Crippen LogP contribution in [0.4, 0.5) is 5.69 Å². The molecule has 0 aliphatic carbocycles. The van der Waals surface area contributed by atoms with Crippen molar-refractivity contribution >= 4 is 15.7 Å². The van der Waals surface area contributed by atoms with Gasteiger partial charge in [-0.05, 0) is 30.7 Å². The summed E-state index contributed by atoms with van der Waals surface area (Å²) in [5.74, 6) is 0. The summed E-state index contributed by atoms with van der Waals surface area (Å²) in [6, 6.07) is 4.72. The van der Waals surface area contributed by atoms with Crippen molar-refractivity contribution in [3.05, 3.63) is 36.4 Å². The highest BCUT2D eigenvalue weighted by Crippen LogP contribution is 2.15. The molecule has 0 saturated heterocycles. The summed E-state index contributed by atoms with van der Waals surface area (Å²) in [7, 11) is -3.47. The van der Waals surface area contributed by atoms with Crippen molar-refractivity contribution in [3.8, 4) is 0 Å². The summed E-state index contributed by atoms with van der Waals surface area (Å²) < 4.78 is 25.7. The van der Waals surface area contributed by atoms with E-state index in [-0.39, 0.29) is 11.4 Å². The first-order valence-corrected chi connectivity index (χ1v) is 5.92. The summed E-state index contributed by atoms with van der Waals surface area (Å²) in [6.07, 6.45) is 1.48. The number of aryl methyl sites for hydroxylation is 1. The third-order valence-corrected chi connectivity index (χ3v) is 3.20. The van der Waals surface area contributed by atoms with Gasteiger partial charge in [0.2, 0.25) is 10.0 Å².